The highest BCUT2D eigenvalue weighted by Gasteiger charge is 2.16. The topological polar surface area (TPSA) is 42.0 Å². The third kappa shape index (κ3) is 4.81. The molecule has 0 aliphatic rings. The van der Waals surface area contributed by atoms with Crippen LogP contribution in [0.1, 0.15) is 27.1 Å². The van der Waals surface area contributed by atoms with Crippen molar-refractivity contribution in [3.05, 3.63) is 106 Å². The average Bonchev–Trinajstić information content (AvgIpc) is 3.15. The lowest BCUT2D eigenvalue weighted by molar-refractivity contribution is -0.111. The summed E-state index contributed by atoms with van der Waals surface area (Å²) in [7, 11) is 0. The van der Waals surface area contributed by atoms with Gasteiger partial charge in [0.25, 0.3) is 5.91 Å². The van der Waals surface area contributed by atoms with Gasteiger partial charge < -0.3 is 0 Å². The first kappa shape index (κ1) is 20.8. The summed E-state index contributed by atoms with van der Waals surface area (Å²) >= 11 is 1.50. The Morgan fingerprint density at radius 1 is 0.871 bits per heavy atom. The minimum Gasteiger partial charge on any atom is -0.298 e. The van der Waals surface area contributed by atoms with Gasteiger partial charge in [-0.3, -0.25) is 10.1 Å². The summed E-state index contributed by atoms with van der Waals surface area (Å²) < 4.78 is 0. The summed E-state index contributed by atoms with van der Waals surface area (Å²) in [5, 5.41) is 3.62. The fourth-order valence-electron chi connectivity index (χ4n) is 3.38. The van der Waals surface area contributed by atoms with Crippen molar-refractivity contribution in [1.29, 1.82) is 0 Å². The van der Waals surface area contributed by atoms with Crippen LogP contribution in [0.25, 0.3) is 22.9 Å². The van der Waals surface area contributed by atoms with E-state index in [0.717, 1.165) is 27.3 Å². The lowest BCUT2D eigenvalue weighted by Crippen LogP contribution is -2.13. The number of hydrogen-bond acceptors (Lipinski definition) is 3. The Labute approximate surface area is 187 Å². The van der Waals surface area contributed by atoms with Gasteiger partial charge >= 0.3 is 0 Å². The van der Waals surface area contributed by atoms with Crippen molar-refractivity contribution < 1.29 is 4.79 Å². The van der Waals surface area contributed by atoms with Crippen LogP contribution < -0.4 is 5.32 Å². The highest BCUT2D eigenvalue weighted by molar-refractivity contribution is 7.16. The number of aryl methyl sites for hydroxylation is 3. The van der Waals surface area contributed by atoms with Gasteiger partial charge in [0.2, 0.25) is 0 Å². The number of anilines is 1. The first-order valence-corrected chi connectivity index (χ1v) is 11.0. The zero-order chi connectivity index (χ0) is 21.8. The molecule has 4 rings (SSSR count). The summed E-state index contributed by atoms with van der Waals surface area (Å²) in [4.78, 5) is 19.1. The molecule has 4 heteroatoms. The van der Waals surface area contributed by atoms with Gasteiger partial charge in [0, 0.05) is 16.0 Å². The summed E-state index contributed by atoms with van der Waals surface area (Å²) in [6.45, 7) is 6.24. The summed E-state index contributed by atoms with van der Waals surface area (Å²) in [6, 6.07) is 25.9. The number of thiazole rings is 1. The van der Waals surface area contributed by atoms with E-state index in [1.54, 1.807) is 0 Å². The molecule has 0 atom stereocenters. The molecule has 1 amide bonds. The van der Waals surface area contributed by atoms with Gasteiger partial charge in [-0.1, -0.05) is 72.8 Å². The maximum Gasteiger partial charge on any atom is 0.258 e. The van der Waals surface area contributed by atoms with Crippen molar-refractivity contribution in [3.63, 3.8) is 0 Å². The fraction of sp³-hybridized carbons (Fsp3) is 0.111. The van der Waals surface area contributed by atoms with Gasteiger partial charge in [-0.25, -0.2) is 4.98 Å². The van der Waals surface area contributed by atoms with Gasteiger partial charge in [0.1, 0.15) is 0 Å². The molecule has 0 saturated heterocycles. The molecule has 154 valence electrons. The Morgan fingerprint density at radius 2 is 1.55 bits per heavy atom. The van der Waals surface area contributed by atoms with Crippen LogP contribution in [0.15, 0.2) is 78.9 Å². The smallest absolute Gasteiger partial charge is 0.258 e. The van der Waals surface area contributed by atoms with Crippen molar-refractivity contribution in [3.8, 4) is 11.3 Å². The van der Waals surface area contributed by atoms with Crippen molar-refractivity contribution in [2.45, 2.75) is 20.8 Å². The van der Waals surface area contributed by atoms with Gasteiger partial charge in [0.15, 0.2) is 5.13 Å². The van der Waals surface area contributed by atoms with Crippen LogP contribution >= 0.6 is 11.3 Å². The molecule has 0 bridgehead atoms. The molecule has 1 N–H and O–H groups in total. The minimum atomic E-state index is -0.171. The molecular formula is C27H24N2OS. The molecule has 0 fully saturated rings. The zero-order valence-corrected chi connectivity index (χ0v) is 18.7. The molecule has 4 aromatic rings. The van der Waals surface area contributed by atoms with E-state index in [9.17, 15) is 4.79 Å². The number of carbonyl (C=O) groups excluding carboxylic acids is 1. The van der Waals surface area contributed by atoms with E-state index >= 15 is 0 Å². The van der Waals surface area contributed by atoms with E-state index in [2.05, 4.69) is 37.4 Å². The number of benzene rings is 3. The van der Waals surface area contributed by atoms with Crippen molar-refractivity contribution >= 4 is 34.0 Å². The maximum absolute atomic E-state index is 13.3. The molecular weight excluding hydrogens is 400 g/mol. The lowest BCUT2D eigenvalue weighted by atomic mass is 10.0. The average molecular weight is 425 g/mol. The lowest BCUT2D eigenvalue weighted by Gasteiger charge is -2.08. The van der Waals surface area contributed by atoms with E-state index in [0.29, 0.717) is 10.7 Å². The van der Waals surface area contributed by atoms with Gasteiger partial charge in [-0.05, 0) is 55.2 Å². The first-order chi connectivity index (χ1) is 15.0. The van der Waals surface area contributed by atoms with E-state index in [1.165, 1.54) is 22.5 Å². The normalized spacial score (nSPS) is 11.4. The Kier molecular flexibility index (Phi) is 6.10. The molecule has 0 saturated carbocycles. The second-order valence-electron chi connectivity index (χ2n) is 7.51. The van der Waals surface area contributed by atoms with Crippen LogP contribution in [0.3, 0.4) is 0 Å². The minimum absolute atomic E-state index is 0.171. The number of hydrogen-bond donors (Lipinski definition) is 1. The molecule has 0 unspecified atom stereocenters. The second kappa shape index (κ2) is 9.11. The maximum atomic E-state index is 13.3. The Bertz CT molecular complexity index is 1240. The second-order valence-corrected chi connectivity index (χ2v) is 8.71. The first-order valence-electron chi connectivity index (χ1n) is 10.2. The molecule has 0 aliphatic carbocycles. The number of nitrogens with one attached hydrogen (secondary N) is 1. The Balaban J connectivity index is 1.65. The number of carbonyl (C=O) groups is 1. The molecule has 0 spiro atoms. The van der Waals surface area contributed by atoms with Crippen molar-refractivity contribution in [2.24, 2.45) is 0 Å². The van der Waals surface area contributed by atoms with Crippen LogP contribution in [0, 0.1) is 20.8 Å². The summed E-state index contributed by atoms with van der Waals surface area (Å²) in [6.07, 6.45) is 1.91. The fourth-order valence-corrected chi connectivity index (χ4v) is 4.22. The highest BCUT2D eigenvalue weighted by atomic mass is 32.1. The van der Waals surface area contributed by atoms with Crippen LogP contribution in [0.2, 0.25) is 0 Å². The Hall–Kier alpha value is -3.50. The SMILES string of the molecule is Cc1ccc(-c2nc(NC(=O)C(=Cc3ccccc3)c3ccccc3)sc2C)cc1C. The summed E-state index contributed by atoms with van der Waals surface area (Å²) in [5.41, 5.74) is 6.91. The predicted molar refractivity (Wildman–Crippen MR) is 131 cm³/mol. The molecule has 31 heavy (non-hydrogen) atoms. The van der Waals surface area contributed by atoms with Crippen molar-refractivity contribution in [2.75, 3.05) is 5.32 Å². The molecule has 1 heterocycles. The van der Waals surface area contributed by atoms with Crippen LogP contribution in [-0.2, 0) is 4.79 Å². The third-order valence-electron chi connectivity index (χ3n) is 5.24. The number of rotatable bonds is 5. The summed E-state index contributed by atoms with van der Waals surface area (Å²) in [5.74, 6) is -0.171. The van der Waals surface area contributed by atoms with E-state index in [-0.39, 0.29) is 5.91 Å². The standard InChI is InChI=1S/C27H24N2OS/c1-18-14-15-23(16-19(18)2)25-20(3)31-27(28-25)29-26(30)24(22-12-8-5-9-13-22)17-21-10-6-4-7-11-21/h4-17H,1-3H3,(H,28,29,30). The van der Waals surface area contributed by atoms with Crippen LogP contribution in [0.5, 0.6) is 0 Å². The van der Waals surface area contributed by atoms with E-state index in [1.807, 2.05) is 73.7 Å². The van der Waals surface area contributed by atoms with E-state index < -0.39 is 0 Å². The predicted octanol–water partition coefficient (Wildman–Crippen LogP) is 6.91. The van der Waals surface area contributed by atoms with Gasteiger partial charge in [-0.15, -0.1) is 11.3 Å². The monoisotopic (exact) mass is 424 g/mol. The molecule has 1 aromatic heterocycles. The molecule has 3 nitrogen and oxygen atoms in total. The molecule has 3 aromatic carbocycles. The van der Waals surface area contributed by atoms with Crippen LogP contribution in [-0.4, -0.2) is 10.9 Å². The number of amides is 1. The highest BCUT2D eigenvalue weighted by Crippen LogP contribution is 2.32. The number of nitrogens with zero attached hydrogens (tertiary/aromatic N) is 1. The van der Waals surface area contributed by atoms with E-state index in [4.69, 9.17) is 4.98 Å². The quantitative estimate of drug-likeness (QED) is 0.279. The zero-order valence-electron chi connectivity index (χ0n) is 17.8. The Morgan fingerprint density at radius 3 is 2.23 bits per heavy atom. The van der Waals surface area contributed by atoms with Crippen LogP contribution in [0.4, 0.5) is 5.13 Å². The van der Waals surface area contributed by atoms with Crippen molar-refractivity contribution in [1.82, 2.24) is 4.98 Å². The third-order valence-corrected chi connectivity index (χ3v) is 6.12. The largest absolute Gasteiger partial charge is 0.298 e. The molecule has 0 radical (unpaired) electrons. The van der Waals surface area contributed by atoms with Gasteiger partial charge in [-0.2, -0.15) is 0 Å². The molecule has 0 aliphatic heterocycles. The number of aromatic nitrogens is 1. The van der Waals surface area contributed by atoms with Gasteiger partial charge in [0.05, 0.1) is 5.69 Å².